The van der Waals surface area contributed by atoms with Gasteiger partial charge >= 0.3 is 17.9 Å². The lowest BCUT2D eigenvalue weighted by atomic mass is 10.1. The first kappa shape index (κ1) is 20.7. The molecule has 0 bridgehead atoms. The minimum absolute atomic E-state index is 0.0628. The van der Waals surface area contributed by atoms with Crippen molar-refractivity contribution in [2.45, 2.75) is 71.1 Å². The summed E-state index contributed by atoms with van der Waals surface area (Å²) in [4.78, 5) is 29.8. The molecule has 0 saturated carbocycles. The van der Waals surface area contributed by atoms with E-state index in [2.05, 4.69) is 6.92 Å². The summed E-state index contributed by atoms with van der Waals surface area (Å²) in [7, 11) is 0. The van der Waals surface area contributed by atoms with Crippen molar-refractivity contribution < 1.29 is 29.7 Å². The molecule has 20 heavy (non-hydrogen) atoms. The Hall–Kier alpha value is -1.59. The van der Waals surface area contributed by atoms with E-state index in [-0.39, 0.29) is 12.8 Å². The average Bonchev–Trinajstić information content (AvgIpc) is 2.34. The number of carboxylic acid groups (broad SMARTS) is 3. The molecule has 0 atom stereocenters. The molecule has 6 heteroatoms. The Morgan fingerprint density at radius 3 is 1.20 bits per heavy atom. The van der Waals surface area contributed by atoms with Gasteiger partial charge in [0.05, 0.1) is 0 Å². The third kappa shape index (κ3) is 25.3. The minimum atomic E-state index is -0.870. The molecule has 0 aromatic rings. The fraction of sp³-hybridized carbons (Fsp3) is 0.786. The summed E-state index contributed by atoms with van der Waals surface area (Å²) in [6.45, 7) is 2.15. The standard InChI is InChI=1S/C8H16O2.C6H10O4/c1-2-3-4-5-6-7-8(9)10;7-5(8)3-1-2-4-6(9)10/h2-7H2,1H3,(H,9,10);1-4H2,(H,7,8)(H,9,10). The van der Waals surface area contributed by atoms with Crippen molar-refractivity contribution in [1.29, 1.82) is 0 Å². The molecule has 0 amide bonds. The maximum absolute atomic E-state index is 10.0. The van der Waals surface area contributed by atoms with Crippen LogP contribution in [-0.4, -0.2) is 33.2 Å². The van der Waals surface area contributed by atoms with Crippen LogP contribution in [0, 0.1) is 0 Å². The largest absolute Gasteiger partial charge is 0.481 e. The topological polar surface area (TPSA) is 112 Å². The number of hydrogen-bond donors (Lipinski definition) is 3. The van der Waals surface area contributed by atoms with Crippen LogP contribution in [0.25, 0.3) is 0 Å². The minimum Gasteiger partial charge on any atom is -0.481 e. The second-order valence-corrected chi connectivity index (χ2v) is 4.55. The molecular weight excluding hydrogens is 264 g/mol. The van der Waals surface area contributed by atoms with Gasteiger partial charge in [0.25, 0.3) is 0 Å². The summed E-state index contributed by atoms with van der Waals surface area (Å²) in [5.74, 6) is -2.41. The van der Waals surface area contributed by atoms with E-state index in [4.69, 9.17) is 15.3 Å². The van der Waals surface area contributed by atoms with Crippen molar-refractivity contribution in [2.24, 2.45) is 0 Å². The molecule has 6 nitrogen and oxygen atoms in total. The van der Waals surface area contributed by atoms with E-state index in [1.54, 1.807) is 0 Å². The molecule has 0 aromatic carbocycles. The number of rotatable bonds is 11. The second kappa shape index (κ2) is 15.5. The van der Waals surface area contributed by atoms with Crippen LogP contribution in [0.4, 0.5) is 0 Å². The van der Waals surface area contributed by atoms with Crippen LogP contribution in [0.15, 0.2) is 0 Å². The van der Waals surface area contributed by atoms with Crippen LogP contribution in [0.3, 0.4) is 0 Å². The highest BCUT2D eigenvalue weighted by atomic mass is 16.4. The van der Waals surface area contributed by atoms with Gasteiger partial charge in [-0.3, -0.25) is 14.4 Å². The molecule has 0 unspecified atom stereocenters. The number of aliphatic carboxylic acids is 3. The number of hydrogen-bond acceptors (Lipinski definition) is 3. The zero-order valence-electron chi connectivity index (χ0n) is 12.1. The van der Waals surface area contributed by atoms with E-state index >= 15 is 0 Å². The van der Waals surface area contributed by atoms with Gasteiger partial charge in [0.1, 0.15) is 0 Å². The normalized spacial score (nSPS) is 9.45. The Labute approximate surface area is 119 Å². The molecule has 0 fully saturated rings. The fourth-order valence-electron chi connectivity index (χ4n) is 1.43. The van der Waals surface area contributed by atoms with E-state index in [1.807, 2.05) is 0 Å². The van der Waals surface area contributed by atoms with Crippen LogP contribution in [0.2, 0.25) is 0 Å². The van der Waals surface area contributed by atoms with Crippen LogP contribution in [0.5, 0.6) is 0 Å². The molecule has 0 aliphatic heterocycles. The monoisotopic (exact) mass is 290 g/mol. The lowest BCUT2D eigenvalue weighted by Crippen LogP contribution is -1.97. The van der Waals surface area contributed by atoms with Crippen LogP contribution in [-0.2, 0) is 14.4 Å². The lowest BCUT2D eigenvalue weighted by molar-refractivity contribution is -0.139. The maximum Gasteiger partial charge on any atom is 0.303 e. The first-order valence-electron chi connectivity index (χ1n) is 7.05. The third-order valence-corrected chi connectivity index (χ3v) is 2.53. The predicted octanol–water partition coefficient (Wildman–Crippen LogP) is 3.15. The van der Waals surface area contributed by atoms with Gasteiger partial charge in [-0.15, -0.1) is 0 Å². The molecule has 0 spiro atoms. The molecule has 0 rings (SSSR count). The number of carbonyl (C=O) groups is 3. The Bertz CT molecular complexity index is 259. The Kier molecular flexibility index (Phi) is 16.0. The summed E-state index contributed by atoms with van der Waals surface area (Å²) in [6.07, 6.45) is 6.90. The average molecular weight is 290 g/mol. The second-order valence-electron chi connectivity index (χ2n) is 4.55. The van der Waals surface area contributed by atoms with Gasteiger partial charge in [0.15, 0.2) is 0 Å². The SMILES string of the molecule is CCCCCCCC(=O)O.O=C(O)CCCCC(=O)O. The van der Waals surface area contributed by atoms with E-state index in [1.165, 1.54) is 19.3 Å². The fourth-order valence-corrected chi connectivity index (χ4v) is 1.43. The molecule has 0 heterocycles. The predicted molar refractivity (Wildman–Crippen MR) is 74.8 cm³/mol. The molecule has 118 valence electrons. The van der Waals surface area contributed by atoms with Crippen LogP contribution >= 0.6 is 0 Å². The first-order valence-corrected chi connectivity index (χ1v) is 7.05. The zero-order valence-corrected chi connectivity index (χ0v) is 12.1. The molecule has 0 radical (unpaired) electrons. The van der Waals surface area contributed by atoms with Crippen LogP contribution in [0.1, 0.15) is 71.1 Å². The Morgan fingerprint density at radius 2 is 0.900 bits per heavy atom. The zero-order chi connectivity index (χ0) is 15.8. The van der Waals surface area contributed by atoms with Crippen LogP contribution < -0.4 is 0 Å². The highest BCUT2D eigenvalue weighted by molar-refractivity contribution is 5.68. The molecule has 0 saturated heterocycles. The van der Waals surface area contributed by atoms with E-state index in [9.17, 15) is 14.4 Å². The molecule has 0 aromatic heterocycles. The van der Waals surface area contributed by atoms with Crippen molar-refractivity contribution in [3.8, 4) is 0 Å². The van der Waals surface area contributed by atoms with Gasteiger partial charge in [-0.05, 0) is 19.3 Å². The van der Waals surface area contributed by atoms with E-state index in [0.29, 0.717) is 19.3 Å². The highest BCUT2D eigenvalue weighted by Gasteiger charge is 1.99. The first-order chi connectivity index (χ1) is 9.40. The molecule has 3 N–H and O–H groups in total. The summed E-state index contributed by atoms with van der Waals surface area (Å²) in [6, 6.07) is 0. The smallest absolute Gasteiger partial charge is 0.303 e. The highest BCUT2D eigenvalue weighted by Crippen LogP contribution is 2.04. The van der Waals surface area contributed by atoms with Crippen molar-refractivity contribution in [2.75, 3.05) is 0 Å². The Balaban J connectivity index is 0. The van der Waals surface area contributed by atoms with E-state index in [0.717, 1.165) is 12.8 Å². The van der Waals surface area contributed by atoms with Crippen molar-refractivity contribution in [3.63, 3.8) is 0 Å². The van der Waals surface area contributed by atoms with Crippen molar-refractivity contribution in [1.82, 2.24) is 0 Å². The molecule has 0 aliphatic rings. The van der Waals surface area contributed by atoms with Gasteiger partial charge in [-0.2, -0.15) is 0 Å². The number of carboxylic acids is 3. The van der Waals surface area contributed by atoms with Crippen molar-refractivity contribution >= 4 is 17.9 Å². The molecule has 0 aliphatic carbocycles. The third-order valence-electron chi connectivity index (χ3n) is 2.53. The summed E-state index contributed by atoms with van der Waals surface area (Å²) >= 11 is 0. The summed E-state index contributed by atoms with van der Waals surface area (Å²) in [5, 5.41) is 24.5. The Morgan fingerprint density at radius 1 is 0.600 bits per heavy atom. The van der Waals surface area contributed by atoms with Gasteiger partial charge in [0.2, 0.25) is 0 Å². The summed E-state index contributed by atoms with van der Waals surface area (Å²) in [5.41, 5.74) is 0. The maximum atomic E-state index is 10.0. The number of unbranched alkanes of at least 4 members (excludes halogenated alkanes) is 5. The lowest BCUT2D eigenvalue weighted by Gasteiger charge is -1.95. The molecular formula is C14H26O6. The summed E-state index contributed by atoms with van der Waals surface area (Å²) < 4.78 is 0. The van der Waals surface area contributed by atoms with Gasteiger partial charge < -0.3 is 15.3 Å². The van der Waals surface area contributed by atoms with Gasteiger partial charge in [0, 0.05) is 19.3 Å². The van der Waals surface area contributed by atoms with Gasteiger partial charge in [-0.1, -0.05) is 32.6 Å². The van der Waals surface area contributed by atoms with E-state index < -0.39 is 17.9 Å². The quantitative estimate of drug-likeness (QED) is 0.504. The van der Waals surface area contributed by atoms with Gasteiger partial charge in [-0.25, -0.2) is 0 Å². The van der Waals surface area contributed by atoms with Crippen molar-refractivity contribution in [3.05, 3.63) is 0 Å².